The summed E-state index contributed by atoms with van der Waals surface area (Å²) in [6.07, 6.45) is 1.55. The summed E-state index contributed by atoms with van der Waals surface area (Å²) in [7, 11) is 0. The molecular weight excluding hydrogens is 334 g/mol. The van der Waals surface area contributed by atoms with Gasteiger partial charge in [-0.15, -0.1) is 0 Å². The molecule has 4 aromatic rings. The maximum atomic E-state index is 12.1. The SMILES string of the molecule is O=C(COc1ccc2c(c1)oc(=O)c1ccccc12)NCc1ccco1. The molecule has 0 aliphatic carbocycles. The third-order valence-corrected chi connectivity index (χ3v) is 4.00. The summed E-state index contributed by atoms with van der Waals surface area (Å²) < 4.78 is 16.0. The fourth-order valence-electron chi connectivity index (χ4n) is 2.75. The largest absolute Gasteiger partial charge is 0.484 e. The summed E-state index contributed by atoms with van der Waals surface area (Å²) in [6, 6.07) is 16.0. The molecule has 0 spiro atoms. The lowest BCUT2D eigenvalue weighted by Gasteiger charge is -2.08. The number of hydrogen-bond acceptors (Lipinski definition) is 5. The molecule has 26 heavy (non-hydrogen) atoms. The van der Waals surface area contributed by atoms with Gasteiger partial charge in [0, 0.05) is 11.5 Å². The van der Waals surface area contributed by atoms with Gasteiger partial charge in [0.1, 0.15) is 17.1 Å². The summed E-state index contributed by atoms with van der Waals surface area (Å²) in [4.78, 5) is 23.9. The van der Waals surface area contributed by atoms with Gasteiger partial charge in [-0.25, -0.2) is 4.79 Å². The van der Waals surface area contributed by atoms with Gasteiger partial charge < -0.3 is 18.9 Å². The fraction of sp³-hybridized carbons (Fsp3) is 0.100. The van der Waals surface area contributed by atoms with E-state index in [1.165, 1.54) is 0 Å². The van der Waals surface area contributed by atoms with Crippen LogP contribution in [0.2, 0.25) is 0 Å². The van der Waals surface area contributed by atoms with Gasteiger partial charge in [0.2, 0.25) is 0 Å². The average Bonchev–Trinajstić information content (AvgIpc) is 3.18. The molecule has 0 radical (unpaired) electrons. The topological polar surface area (TPSA) is 81.7 Å². The predicted molar refractivity (Wildman–Crippen MR) is 96.0 cm³/mol. The Morgan fingerprint density at radius 1 is 1.00 bits per heavy atom. The van der Waals surface area contributed by atoms with Crippen LogP contribution >= 0.6 is 0 Å². The zero-order chi connectivity index (χ0) is 17.9. The number of carbonyl (C=O) groups is 1. The summed E-state index contributed by atoms with van der Waals surface area (Å²) in [5.74, 6) is 0.836. The van der Waals surface area contributed by atoms with Gasteiger partial charge in [-0.2, -0.15) is 0 Å². The quantitative estimate of drug-likeness (QED) is 0.442. The fourth-order valence-corrected chi connectivity index (χ4v) is 2.75. The summed E-state index contributed by atoms with van der Waals surface area (Å²) in [5, 5.41) is 4.86. The minimum absolute atomic E-state index is 0.149. The minimum Gasteiger partial charge on any atom is -0.484 e. The number of rotatable bonds is 5. The number of ether oxygens (including phenoxy) is 1. The monoisotopic (exact) mass is 349 g/mol. The van der Waals surface area contributed by atoms with Crippen LogP contribution in [0.4, 0.5) is 0 Å². The highest BCUT2D eigenvalue weighted by molar-refractivity contribution is 6.04. The van der Waals surface area contributed by atoms with Crippen LogP contribution in [0.25, 0.3) is 21.7 Å². The second-order valence-corrected chi connectivity index (χ2v) is 5.74. The van der Waals surface area contributed by atoms with Crippen LogP contribution in [-0.2, 0) is 11.3 Å². The maximum absolute atomic E-state index is 12.1. The molecule has 0 aliphatic rings. The van der Waals surface area contributed by atoms with Gasteiger partial charge in [-0.1, -0.05) is 18.2 Å². The van der Waals surface area contributed by atoms with Crippen LogP contribution in [-0.4, -0.2) is 12.5 Å². The van der Waals surface area contributed by atoms with Crippen LogP contribution in [0.1, 0.15) is 5.76 Å². The lowest BCUT2D eigenvalue weighted by atomic mass is 10.1. The first-order chi connectivity index (χ1) is 12.7. The Morgan fingerprint density at radius 2 is 1.85 bits per heavy atom. The van der Waals surface area contributed by atoms with E-state index in [2.05, 4.69) is 5.32 Å². The predicted octanol–water partition coefficient (Wildman–Crippen LogP) is 3.23. The Bertz CT molecular complexity index is 1130. The molecule has 0 saturated heterocycles. The van der Waals surface area contributed by atoms with Crippen molar-refractivity contribution in [3.05, 3.63) is 77.0 Å². The molecule has 130 valence electrons. The van der Waals surface area contributed by atoms with Gasteiger partial charge >= 0.3 is 5.63 Å². The number of nitrogens with one attached hydrogen (secondary N) is 1. The molecule has 6 heteroatoms. The molecule has 0 aliphatic heterocycles. The molecule has 0 fully saturated rings. The second kappa shape index (κ2) is 6.76. The molecule has 0 atom stereocenters. The van der Waals surface area contributed by atoms with E-state index in [-0.39, 0.29) is 12.5 Å². The number of amides is 1. The first-order valence-corrected chi connectivity index (χ1v) is 8.08. The van der Waals surface area contributed by atoms with Crippen molar-refractivity contribution in [2.75, 3.05) is 6.61 Å². The molecule has 1 N–H and O–H groups in total. The van der Waals surface area contributed by atoms with Gasteiger partial charge in [0.05, 0.1) is 18.2 Å². The Morgan fingerprint density at radius 3 is 2.65 bits per heavy atom. The summed E-state index contributed by atoms with van der Waals surface area (Å²) in [6.45, 7) is 0.151. The van der Waals surface area contributed by atoms with E-state index in [0.717, 1.165) is 10.8 Å². The van der Waals surface area contributed by atoms with Crippen molar-refractivity contribution in [2.24, 2.45) is 0 Å². The highest BCUT2D eigenvalue weighted by Crippen LogP contribution is 2.26. The smallest absolute Gasteiger partial charge is 0.344 e. The number of benzene rings is 2. The van der Waals surface area contributed by atoms with Crippen molar-refractivity contribution >= 4 is 27.6 Å². The van der Waals surface area contributed by atoms with E-state index in [0.29, 0.717) is 29.0 Å². The van der Waals surface area contributed by atoms with E-state index in [9.17, 15) is 9.59 Å². The third-order valence-electron chi connectivity index (χ3n) is 4.00. The molecule has 4 rings (SSSR count). The van der Waals surface area contributed by atoms with E-state index >= 15 is 0 Å². The van der Waals surface area contributed by atoms with Gasteiger partial charge in [-0.3, -0.25) is 4.79 Å². The molecule has 1 amide bonds. The Labute approximate surface area is 148 Å². The number of hydrogen-bond donors (Lipinski definition) is 1. The standard InChI is InChI=1S/C20H15NO5/c22-19(21-11-14-4-3-9-24-14)12-25-13-7-8-16-15-5-1-2-6-17(15)20(23)26-18(16)10-13/h1-10H,11-12H2,(H,21,22). The van der Waals surface area contributed by atoms with Gasteiger partial charge in [0.25, 0.3) is 5.91 Å². The zero-order valence-electron chi connectivity index (χ0n) is 13.7. The first-order valence-electron chi connectivity index (χ1n) is 8.08. The van der Waals surface area contributed by atoms with Crippen molar-refractivity contribution < 1.29 is 18.4 Å². The molecule has 0 bridgehead atoms. The van der Waals surface area contributed by atoms with Crippen molar-refractivity contribution in [2.45, 2.75) is 6.54 Å². The van der Waals surface area contributed by atoms with Crippen molar-refractivity contribution in [3.63, 3.8) is 0 Å². The lowest BCUT2D eigenvalue weighted by Crippen LogP contribution is -2.28. The lowest BCUT2D eigenvalue weighted by molar-refractivity contribution is -0.123. The third kappa shape index (κ3) is 3.17. The molecule has 0 saturated carbocycles. The Balaban J connectivity index is 1.50. The van der Waals surface area contributed by atoms with E-state index in [1.807, 2.05) is 18.2 Å². The molecule has 2 aromatic heterocycles. The highest BCUT2D eigenvalue weighted by Gasteiger charge is 2.09. The summed E-state index contributed by atoms with van der Waals surface area (Å²) >= 11 is 0. The van der Waals surface area contributed by atoms with Gasteiger partial charge in [-0.05, 0) is 35.7 Å². The van der Waals surface area contributed by atoms with E-state index in [1.54, 1.807) is 42.7 Å². The minimum atomic E-state index is -0.401. The average molecular weight is 349 g/mol. The van der Waals surface area contributed by atoms with Crippen molar-refractivity contribution in [1.82, 2.24) is 5.32 Å². The molecular formula is C20H15NO5. The van der Waals surface area contributed by atoms with E-state index in [4.69, 9.17) is 13.6 Å². The number of fused-ring (bicyclic) bond motifs is 3. The molecule has 0 unspecified atom stereocenters. The van der Waals surface area contributed by atoms with Crippen LogP contribution in [0.3, 0.4) is 0 Å². The number of carbonyl (C=O) groups excluding carboxylic acids is 1. The zero-order valence-corrected chi connectivity index (χ0v) is 13.7. The first kappa shape index (κ1) is 16.0. The number of furan rings is 1. The van der Waals surface area contributed by atoms with Crippen LogP contribution in [0, 0.1) is 0 Å². The second-order valence-electron chi connectivity index (χ2n) is 5.74. The molecule has 2 heterocycles. The van der Waals surface area contributed by atoms with E-state index < -0.39 is 5.63 Å². The normalized spacial score (nSPS) is 10.9. The van der Waals surface area contributed by atoms with Crippen molar-refractivity contribution in [1.29, 1.82) is 0 Å². The maximum Gasteiger partial charge on any atom is 0.344 e. The molecule has 2 aromatic carbocycles. The Hall–Kier alpha value is -3.54. The Kier molecular flexibility index (Phi) is 4.15. The van der Waals surface area contributed by atoms with Gasteiger partial charge in [0.15, 0.2) is 6.61 Å². The van der Waals surface area contributed by atoms with Crippen LogP contribution < -0.4 is 15.7 Å². The summed E-state index contributed by atoms with van der Waals surface area (Å²) in [5.41, 5.74) is 0.0173. The van der Waals surface area contributed by atoms with Crippen LogP contribution in [0.5, 0.6) is 5.75 Å². The van der Waals surface area contributed by atoms with Crippen LogP contribution in [0.15, 0.2) is 74.5 Å². The molecule has 6 nitrogen and oxygen atoms in total. The van der Waals surface area contributed by atoms with Crippen molar-refractivity contribution in [3.8, 4) is 5.75 Å². The highest BCUT2D eigenvalue weighted by atomic mass is 16.5.